The molecular weight excluding hydrogens is 426 g/mol. The predicted octanol–water partition coefficient (Wildman–Crippen LogP) is 3.20. The van der Waals surface area contributed by atoms with Crippen molar-refractivity contribution in [3.8, 4) is 6.07 Å². The van der Waals surface area contributed by atoms with E-state index in [1.54, 1.807) is 18.2 Å². The molecule has 1 saturated heterocycles. The SMILES string of the molecule is N#Cc1ccc(N2C(=O)CC(N(C3CC3)S(=O)(=O)c3ccc4ccccc4c3)C2=O)cc1. The van der Waals surface area contributed by atoms with Crippen LogP contribution in [0.4, 0.5) is 5.69 Å². The van der Waals surface area contributed by atoms with E-state index < -0.39 is 27.9 Å². The molecular formula is C24H19N3O4S. The van der Waals surface area contributed by atoms with Gasteiger partial charge >= 0.3 is 0 Å². The van der Waals surface area contributed by atoms with Crippen LogP contribution in [0.5, 0.6) is 0 Å². The first kappa shape index (κ1) is 20.4. The number of carbonyl (C=O) groups is 2. The normalized spacial score (nSPS) is 19.0. The van der Waals surface area contributed by atoms with Crippen LogP contribution in [-0.2, 0) is 19.6 Å². The fraction of sp³-hybridized carbons (Fsp3) is 0.208. The van der Waals surface area contributed by atoms with Crippen molar-refractivity contribution in [2.75, 3.05) is 4.90 Å². The smallest absolute Gasteiger partial charge is 0.252 e. The average Bonchev–Trinajstić information content (AvgIpc) is 3.59. The highest BCUT2D eigenvalue weighted by Crippen LogP contribution is 2.38. The molecule has 1 heterocycles. The lowest BCUT2D eigenvalue weighted by Gasteiger charge is -2.27. The first-order valence-electron chi connectivity index (χ1n) is 10.3. The Kier molecular flexibility index (Phi) is 4.81. The Balaban J connectivity index is 1.51. The third-order valence-corrected chi connectivity index (χ3v) is 7.85. The summed E-state index contributed by atoms with van der Waals surface area (Å²) in [7, 11) is -3.99. The topological polar surface area (TPSA) is 98.5 Å². The van der Waals surface area contributed by atoms with E-state index >= 15 is 0 Å². The third kappa shape index (κ3) is 3.36. The quantitative estimate of drug-likeness (QED) is 0.562. The number of nitrogens with zero attached hydrogens (tertiary/aromatic N) is 3. The van der Waals surface area contributed by atoms with Crippen LogP contribution in [0.1, 0.15) is 24.8 Å². The molecule has 0 bridgehead atoms. The summed E-state index contributed by atoms with van der Waals surface area (Å²) in [5.41, 5.74) is 0.739. The Labute approximate surface area is 185 Å². The van der Waals surface area contributed by atoms with Gasteiger partial charge in [0.1, 0.15) is 6.04 Å². The number of hydrogen-bond donors (Lipinski definition) is 0. The maximum Gasteiger partial charge on any atom is 0.252 e. The zero-order valence-corrected chi connectivity index (χ0v) is 17.8. The lowest BCUT2D eigenvalue weighted by atomic mass is 10.1. The molecule has 5 rings (SSSR count). The Morgan fingerprint density at radius 3 is 2.28 bits per heavy atom. The van der Waals surface area contributed by atoms with E-state index in [4.69, 9.17) is 5.26 Å². The molecule has 0 N–H and O–H groups in total. The van der Waals surface area contributed by atoms with Gasteiger partial charge in [-0.3, -0.25) is 9.59 Å². The van der Waals surface area contributed by atoms with Gasteiger partial charge in [0, 0.05) is 6.04 Å². The van der Waals surface area contributed by atoms with Gasteiger partial charge in [0.15, 0.2) is 0 Å². The fourth-order valence-corrected chi connectivity index (χ4v) is 6.03. The van der Waals surface area contributed by atoms with E-state index in [9.17, 15) is 18.0 Å². The number of benzene rings is 3. The molecule has 1 saturated carbocycles. The van der Waals surface area contributed by atoms with Crippen LogP contribution < -0.4 is 4.90 Å². The monoisotopic (exact) mass is 445 g/mol. The van der Waals surface area contributed by atoms with Gasteiger partial charge in [-0.2, -0.15) is 9.57 Å². The molecule has 3 aromatic carbocycles. The minimum absolute atomic E-state index is 0.111. The second-order valence-corrected chi connectivity index (χ2v) is 9.86. The fourth-order valence-electron chi connectivity index (χ4n) is 4.17. The van der Waals surface area contributed by atoms with Crippen LogP contribution in [0.2, 0.25) is 0 Å². The Morgan fingerprint density at radius 2 is 1.62 bits per heavy atom. The number of rotatable bonds is 5. The van der Waals surface area contributed by atoms with Crippen LogP contribution in [-0.4, -0.2) is 36.6 Å². The van der Waals surface area contributed by atoms with E-state index in [1.165, 1.54) is 28.6 Å². The summed E-state index contributed by atoms with van der Waals surface area (Å²) in [6, 6.07) is 19.1. The van der Waals surface area contributed by atoms with Gasteiger partial charge in [-0.05, 0) is 60.0 Å². The number of amides is 2. The molecule has 160 valence electrons. The van der Waals surface area contributed by atoms with E-state index in [1.807, 2.05) is 30.3 Å². The number of nitriles is 1. The van der Waals surface area contributed by atoms with Gasteiger partial charge in [-0.1, -0.05) is 30.3 Å². The molecule has 0 spiro atoms. The van der Waals surface area contributed by atoms with E-state index in [0.717, 1.165) is 15.7 Å². The maximum absolute atomic E-state index is 13.6. The van der Waals surface area contributed by atoms with Crippen molar-refractivity contribution in [3.63, 3.8) is 0 Å². The number of fused-ring (bicyclic) bond motifs is 1. The molecule has 0 aromatic heterocycles. The average molecular weight is 446 g/mol. The molecule has 1 aliphatic heterocycles. The van der Waals surface area contributed by atoms with Crippen LogP contribution in [0.15, 0.2) is 71.6 Å². The molecule has 0 radical (unpaired) electrons. The highest BCUT2D eigenvalue weighted by Gasteiger charge is 2.51. The molecule has 7 nitrogen and oxygen atoms in total. The number of sulfonamides is 1. The molecule has 3 aromatic rings. The summed E-state index contributed by atoms with van der Waals surface area (Å²) in [6.45, 7) is 0. The van der Waals surface area contributed by atoms with Crippen molar-refractivity contribution in [2.45, 2.75) is 36.2 Å². The molecule has 2 aliphatic rings. The van der Waals surface area contributed by atoms with Crippen molar-refractivity contribution < 1.29 is 18.0 Å². The van der Waals surface area contributed by atoms with Crippen LogP contribution >= 0.6 is 0 Å². The molecule has 1 unspecified atom stereocenters. The summed E-state index contributed by atoms with van der Waals surface area (Å²) in [5.74, 6) is -1.01. The first-order valence-corrected chi connectivity index (χ1v) is 11.7. The molecule has 2 fully saturated rings. The van der Waals surface area contributed by atoms with E-state index in [2.05, 4.69) is 0 Å². The molecule has 2 amide bonds. The maximum atomic E-state index is 13.6. The predicted molar refractivity (Wildman–Crippen MR) is 118 cm³/mol. The molecule has 1 atom stereocenters. The standard InChI is InChI=1S/C24H19N3O4S/c25-15-16-5-8-19(9-6-16)26-23(28)14-22(24(26)29)27(20-10-11-20)32(30,31)21-12-7-17-3-1-2-4-18(17)13-21/h1-9,12-13,20,22H,10-11,14H2. The summed E-state index contributed by atoms with van der Waals surface area (Å²) < 4.78 is 28.5. The Hall–Kier alpha value is -3.54. The van der Waals surface area contributed by atoms with E-state index in [0.29, 0.717) is 24.1 Å². The largest absolute Gasteiger partial charge is 0.274 e. The van der Waals surface area contributed by atoms with Gasteiger partial charge < -0.3 is 0 Å². The highest BCUT2D eigenvalue weighted by atomic mass is 32.2. The van der Waals surface area contributed by atoms with Crippen LogP contribution in [0, 0.1) is 11.3 Å². The van der Waals surface area contributed by atoms with Crippen LogP contribution in [0.3, 0.4) is 0 Å². The molecule has 8 heteroatoms. The van der Waals surface area contributed by atoms with Crippen molar-refractivity contribution in [3.05, 3.63) is 72.3 Å². The van der Waals surface area contributed by atoms with Gasteiger partial charge in [-0.15, -0.1) is 0 Å². The lowest BCUT2D eigenvalue weighted by Crippen LogP contribution is -2.46. The zero-order valence-electron chi connectivity index (χ0n) is 17.0. The molecule has 32 heavy (non-hydrogen) atoms. The van der Waals surface area contributed by atoms with Crippen molar-refractivity contribution in [2.24, 2.45) is 0 Å². The van der Waals surface area contributed by atoms with Gasteiger partial charge in [0.2, 0.25) is 15.9 Å². The number of imide groups is 1. The second kappa shape index (κ2) is 7.55. The number of anilines is 1. The Bertz CT molecular complexity index is 1390. The van der Waals surface area contributed by atoms with E-state index in [-0.39, 0.29) is 17.4 Å². The highest BCUT2D eigenvalue weighted by molar-refractivity contribution is 7.89. The first-order chi connectivity index (χ1) is 15.4. The molecule has 1 aliphatic carbocycles. The van der Waals surface area contributed by atoms with Crippen molar-refractivity contribution in [1.29, 1.82) is 5.26 Å². The summed E-state index contributed by atoms with van der Waals surface area (Å²) in [5, 5.41) is 10.7. The second-order valence-electron chi connectivity index (χ2n) is 8.02. The van der Waals surface area contributed by atoms with Crippen molar-refractivity contribution >= 4 is 38.3 Å². The lowest BCUT2D eigenvalue weighted by molar-refractivity contribution is -0.122. The Morgan fingerprint density at radius 1 is 0.938 bits per heavy atom. The van der Waals surface area contributed by atoms with Gasteiger partial charge in [0.05, 0.1) is 28.6 Å². The number of carbonyl (C=O) groups excluding carboxylic acids is 2. The minimum Gasteiger partial charge on any atom is -0.274 e. The summed E-state index contributed by atoms with van der Waals surface area (Å²) >= 11 is 0. The van der Waals surface area contributed by atoms with Gasteiger partial charge in [-0.25, -0.2) is 13.3 Å². The summed E-state index contributed by atoms with van der Waals surface area (Å²) in [6.07, 6.45) is 1.10. The van der Waals surface area contributed by atoms with Crippen molar-refractivity contribution in [1.82, 2.24) is 4.31 Å². The van der Waals surface area contributed by atoms with Crippen LogP contribution in [0.25, 0.3) is 10.8 Å². The summed E-state index contributed by atoms with van der Waals surface area (Å²) in [4.78, 5) is 27.2. The minimum atomic E-state index is -3.99. The van der Waals surface area contributed by atoms with Gasteiger partial charge in [0.25, 0.3) is 5.91 Å². The third-order valence-electron chi connectivity index (χ3n) is 5.89. The zero-order chi connectivity index (χ0) is 22.5. The number of hydrogen-bond acceptors (Lipinski definition) is 5.